The molecule has 5 rings (SSSR count). The Balaban J connectivity index is 1.53. The van der Waals surface area contributed by atoms with Gasteiger partial charge in [-0.2, -0.15) is 13.8 Å². The molecule has 2 atom stereocenters. The van der Waals surface area contributed by atoms with Crippen LogP contribution in [-0.2, 0) is 4.74 Å². The molecule has 11 heteroatoms. The molecule has 0 spiro atoms. The number of nitrogens with zero attached hydrogens (tertiary/aromatic N) is 5. The summed E-state index contributed by atoms with van der Waals surface area (Å²) in [4.78, 5) is 17.0. The van der Waals surface area contributed by atoms with Crippen molar-refractivity contribution in [3.8, 4) is 17.0 Å². The third kappa shape index (κ3) is 3.39. The Bertz CT molecular complexity index is 926. The molecular weight excluding hydrogens is 389 g/mol. The zero-order valence-corrected chi connectivity index (χ0v) is 15.3. The lowest BCUT2D eigenvalue weighted by Gasteiger charge is -2.35. The summed E-state index contributed by atoms with van der Waals surface area (Å²) in [5.41, 5.74) is 6.57. The van der Waals surface area contributed by atoms with Crippen LogP contribution in [-0.4, -0.2) is 66.1 Å². The molecule has 2 aromatic heterocycles. The highest BCUT2D eigenvalue weighted by Gasteiger charge is 2.40. The fourth-order valence-corrected chi connectivity index (χ4v) is 3.91. The van der Waals surface area contributed by atoms with Crippen LogP contribution in [0.3, 0.4) is 0 Å². The summed E-state index contributed by atoms with van der Waals surface area (Å²) in [7, 11) is 0. The Kier molecular flexibility index (Phi) is 4.34. The number of fused-ring (bicyclic) bond motifs is 2. The van der Waals surface area contributed by atoms with E-state index in [0.29, 0.717) is 36.2 Å². The number of morpholine rings is 1. The maximum absolute atomic E-state index is 13.4. The van der Waals surface area contributed by atoms with Gasteiger partial charge in [-0.05, 0) is 12.5 Å². The summed E-state index contributed by atoms with van der Waals surface area (Å²) in [6, 6.07) is 3.37. The van der Waals surface area contributed by atoms with Crippen molar-refractivity contribution in [2.45, 2.75) is 31.3 Å². The topological polar surface area (TPSA) is 89.6 Å². The zero-order valence-electron chi connectivity index (χ0n) is 15.3. The molecule has 29 heavy (non-hydrogen) atoms. The summed E-state index contributed by atoms with van der Waals surface area (Å²) in [6.45, 7) is -1.24. The van der Waals surface area contributed by atoms with E-state index in [4.69, 9.17) is 10.5 Å². The fourth-order valence-electron chi connectivity index (χ4n) is 3.91. The number of hydrogen-bond acceptors (Lipinski definition) is 8. The maximum atomic E-state index is 13.4. The quantitative estimate of drug-likeness (QED) is 0.802. The SMILES string of the molecule is Nc1ncc(-c2cc(N3C[C@@H]4C[C@H]3CO4)nc(N3CC(F)C3)n2)cc1OC(F)F. The van der Waals surface area contributed by atoms with E-state index in [2.05, 4.69) is 24.6 Å². The molecule has 2 aromatic rings. The van der Waals surface area contributed by atoms with Crippen LogP contribution in [0.25, 0.3) is 11.3 Å². The van der Waals surface area contributed by atoms with Gasteiger partial charge < -0.3 is 25.0 Å². The second-order valence-electron chi connectivity index (χ2n) is 7.40. The number of ether oxygens (including phenoxy) is 2. The maximum Gasteiger partial charge on any atom is 0.387 e. The Labute approximate surface area is 164 Å². The molecule has 3 saturated heterocycles. The van der Waals surface area contributed by atoms with Gasteiger partial charge in [0.2, 0.25) is 5.95 Å². The van der Waals surface area contributed by atoms with Crippen LogP contribution >= 0.6 is 0 Å². The lowest BCUT2D eigenvalue weighted by atomic mass is 10.1. The number of alkyl halides is 3. The number of hydrogen-bond donors (Lipinski definition) is 1. The molecule has 8 nitrogen and oxygen atoms in total. The van der Waals surface area contributed by atoms with E-state index < -0.39 is 12.8 Å². The third-order valence-electron chi connectivity index (χ3n) is 5.41. The first-order chi connectivity index (χ1) is 14.0. The Morgan fingerprint density at radius 1 is 1.21 bits per heavy atom. The van der Waals surface area contributed by atoms with E-state index in [1.165, 1.54) is 12.3 Å². The summed E-state index contributed by atoms with van der Waals surface area (Å²) in [5.74, 6) is 0.723. The zero-order chi connectivity index (χ0) is 20.1. The van der Waals surface area contributed by atoms with Crippen LogP contribution < -0.4 is 20.3 Å². The van der Waals surface area contributed by atoms with Crippen LogP contribution in [0.5, 0.6) is 5.75 Å². The van der Waals surface area contributed by atoms with Crippen molar-refractivity contribution in [2.75, 3.05) is 41.8 Å². The van der Waals surface area contributed by atoms with E-state index in [1.807, 2.05) is 0 Å². The van der Waals surface area contributed by atoms with E-state index in [9.17, 15) is 13.2 Å². The molecule has 2 N–H and O–H groups in total. The smallest absolute Gasteiger partial charge is 0.387 e. The van der Waals surface area contributed by atoms with Gasteiger partial charge in [-0.25, -0.2) is 14.4 Å². The highest BCUT2D eigenvalue weighted by atomic mass is 19.3. The lowest BCUT2D eigenvalue weighted by molar-refractivity contribution is -0.0494. The Hall–Kier alpha value is -2.82. The number of rotatable bonds is 5. The summed E-state index contributed by atoms with van der Waals surface area (Å²) < 4.78 is 48.8. The van der Waals surface area contributed by atoms with E-state index >= 15 is 0 Å². The molecule has 0 aliphatic carbocycles. The van der Waals surface area contributed by atoms with Crippen molar-refractivity contribution < 1.29 is 22.6 Å². The minimum Gasteiger partial charge on any atom is -0.431 e. The number of aromatic nitrogens is 3. The third-order valence-corrected chi connectivity index (χ3v) is 5.41. The number of halogens is 3. The minimum absolute atomic E-state index is 0.138. The van der Waals surface area contributed by atoms with E-state index in [1.54, 1.807) is 11.0 Å². The average molecular weight is 408 g/mol. The van der Waals surface area contributed by atoms with Gasteiger partial charge >= 0.3 is 6.61 Å². The van der Waals surface area contributed by atoms with Gasteiger partial charge in [-0.15, -0.1) is 0 Å². The molecule has 0 amide bonds. The van der Waals surface area contributed by atoms with Crippen molar-refractivity contribution in [3.05, 3.63) is 18.3 Å². The predicted octanol–water partition coefficient (Wildman–Crippen LogP) is 1.86. The van der Waals surface area contributed by atoms with Crippen molar-refractivity contribution in [3.63, 3.8) is 0 Å². The van der Waals surface area contributed by atoms with Crippen LogP contribution in [0.4, 0.5) is 30.8 Å². The van der Waals surface area contributed by atoms with Crippen molar-refractivity contribution in [1.29, 1.82) is 0 Å². The number of nitrogens with two attached hydrogens (primary N) is 1. The monoisotopic (exact) mass is 408 g/mol. The Morgan fingerprint density at radius 2 is 2.03 bits per heavy atom. The van der Waals surface area contributed by atoms with Gasteiger partial charge in [0.15, 0.2) is 11.6 Å². The fraction of sp³-hybridized carbons (Fsp3) is 0.500. The van der Waals surface area contributed by atoms with Crippen LogP contribution in [0, 0.1) is 0 Å². The largest absolute Gasteiger partial charge is 0.431 e. The highest BCUT2D eigenvalue weighted by molar-refractivity contribution is 5.68. The number of nitrogen functional groups attached to an aromatic ring is 1. The van der Waals surface area contributed by atoms with Crippen molar-refractivity contribution >= 4 is 17.6 Å². The van der Waals surface area contributed by atoms with Crippen molar-refractivity contribution in [1.82, 2.24) is 15.0 Å². The van der Waals surface area contributed by atoms with Crippen molar-refractivity contribution in [2.24, 2.45) is 0 Å². The highest BCUT2D eigenvalue weighted by Crippen LogP contribution is 2.35. The van der Waals surface area contributed by atoms with Gasteiger partial charge in [0.25, 0.3) is 0 Å². The summed E-state index contributed by atoms with van der Waals surface area (Å²) in [6.07, 6.45) is 1.63. The lowest BCUT2D eigenvalue weighted by Crippen LogP contribution is -2.49. The van der Waals surface area contributed by atoms with Gasteiger partial charge in [-0.3, -0.25) is 0 Å². The molecule has 5 heterocycles. The molecule has 0 saturated carbocycles. The molecule has 0 radical (unpaired) electrons. The first-order valence-electron chi connectivity index (χ1n) is 9.33. The molecule has 3 aliphatic heterocycles. The second kappa shape index (κ2) is 6.90. The van der Waals surface area contributed by atoms with Gasteiger partial charge in [-0.1, -0.05) is 0 Å². The molecule has 3 fully saturated rings. The molecule has 2 bridgehead atoms. The van der Waals surface area contributed by atoms with Gasteiger partial charge in [0.1, 0.15) is 12.0 Å². The van der Waals surface area contributed by atoms with E-state index in [0.717, 1.165) is 6.42 Å². The van der Waals surface area contributed by atoms with Crippen LogP contribution in [0.15, 0.2) is 18.3 Å². The first-order valence-corrected chi connectivity index (χ1v) is 9.33. The minimum atomic E-state index is -3.02. The average Bonchev–Trinajstić information content (AvgIpc) is 3.30. The Morgan fingerprint density at radius 3 is 2.69 bits per heavy atom. The molecular formula is C18H19F3N6O2. The number of anilines is 3. The summed E-state index contributed by atoms with van der Waals surface area (Å²) in [5, 5.41) is 0. The van der Waals surface area contributed by atoms with E-state index in [-0.39, 0.29) is 36.8 Å². The standard InChI is InChI=1S/C18H19F3N6O2/c19-10-5-26(6-10)18-24-13(9-1-14(29-17(20)21)16(22)23-4-9)3-15(25-18)27-7-12-2-11(27)8-28-12/h1,3-4,10-12,17H,2,5-8H2,(H2,22,23)/t11-,12-/m0/s1. The molecule has 154 valence electrons. The predicted molar refractivity (Wildman–Crippen MR) is 98.9 cm³/mol. The molecule has 3 aliphatic rings. The molecule has 0 unspecified atom stereocenters. The van der Waals surface area contributed by atoms with Crippen LogP contribution in [0.2, 0.25) is 0 Å². The molecule has 0 aromatic carbocycles. The normalized spacial score (nSPS) is 23.7. The van der Waals surface area contributed by atoms with Crippen LogP contribution in [0.1, 0.15) is 6.42 Å². The summed E-state index contributed by atoms with van der Waals surface area (Å²) >= 11 is 0. The van der Waals surface area contributed by atoms with Gasteiger partial charge in [0, 0.05) is 24.4 Å². The second-order valence-corrected chi connectivity index (χ2v) is 7.40. The first kappa shape index (κ1) is 18.2. The number of pyridine rings is 1. The van der Waals surface area contributed by atoms with Gasteiger partial charge in [0.05, 0.1) is 37.5 Å².